The number of ketones is 1. The highest BCUT2D eigenvalue weighted by atomic mass is 16.4. The first-order valence-electron chi connectivity index (χ1n) is 14.5. The second-order valence-electron chi connectivity index (χ2n) is 11.3. The molecular weight excluding hydrogens is 528 g/mol. The van der Waals surface area contributed by atoms with Crippen molar-refractivity contribution < 1.29 is 9.21 Å². The SMILES string of the molecule is O=C1c2cc(-n3c4ccccc4c4cc5c6ccccc6n(-c6ccccc6)c5cc43)oc2-c2cc3cccccc-3c21. The van der Waals surface area contributed by atoms with Crippen molar-refractivity contribution in [1.82, 2.24) is 9.13 Å². The molecule has 10 rings (SSSR count). The van der Waals surface area contributed by atoms with Gasteiger partial charge in [-0.15, -0.1) is 0 Å². The van der Waals surface area contributed by atoms with Crippen LogP contribution in [-0.4, -0.2) is 14.9 Å². The zero-order chi connectivity index (χ0) is 28.2. The highest BCUT2D eigenvalue weighted by Crippen LogP contribution is 2.48. The van der Waals surface area contributed by atoms with E-state index < -0.39 is 0 Å². The Hall–Kier alpha value is -5.87. The van der Waals surface area contributed by atoms with E-state index in [1.165, 1.54) is 16.3 Å². The molecule has 4 aromatic carbocycles. The molecule has 3 aliphatic carbocycles. The summed E-state index contributed by atoms with van der Waals surface area (Å²) < 4.78 is 11.2. The third-order valence-electron chi connectivity index (χ3n) is 9.05. The Kier molecular flexibility index (Phi) is 4.30. The molecular formula is C39H22N2O2. The molecule has 3 aromatic heterocycles. The van der Waals surface area contributed by atoms with Gasteiger partial charge in [0.15, 0.2) is 5.78 Å². The summed E-state index contributed by atoms with van der Waals surface area (Å²) in [5.74, 6) is 1.32. The van der Waals surface area contributed by atoms with Crippen LogP contribution in [0.4, 0.5) is 0 Å². The van der Waals surface area contributed by atoms with Gasteiger partial charge < -0.3 is 8.98 Å². The van der Waals surface area contributed by atoms with Gasteiger partial charge in [0.05, 0.1) is 27.6 Å². The van der Waals surface area contributed by atoms with Gasteiger partial charge in [-0.05, 0) is 53.6 Å². The fourth-order valence-electron chi connectivity index (χ4n) is 7.23. The monoisotopic (exact) mass is 550 g/mol. The number of nitrogens with zero attached hydrogens (tertiary/aromatic N) is 2. The normalized spacial score (nSPS) is 12.7. The molecule has 0 radical (unpaired) electrons. The summed E-state index contributed by atoms with van der Waals surface area (Å²) in [4.78, 5) is 13.8. The van der Waals surface area contributed by atoms with Crippen molar-refractivity contribution in [3.05, 3.63) is 145 Å². The first-order chi connectivity index (χ1) is 21.3. The Morgan fingerprint density at radius 1 is 0.465 bits per heavy atom. The number of hydrogen-bond acceptors (Lipinski definition) is 2. The van der Waals surface area contributed by atoms with E-state index in [9.17, 15) is 4.79 Å². The summed E-state index contributed by atoms with van der Waals surface area (Å²) in [5.41, 5.74) is 9.72. The summed E-state index contributed by atoms with van der Waals surface area (Å²) in [6, 6.07) is 46.1. The Balaban J connectivity index is 1.29. The van der Waals surface area contributed by atoms with Crippen LogP contribution in [0.1, 0.15) is 15.9 Å². The second-order valence-corrected chi connectivity index (χ2v) is 11.3. The van der Waals surface area contributed by atoms with Crippen molar-refractivity contribution in [3.8, 4) is 34.0 Å². The van der Waals surface area contributed by atoms with Gasteiger partial charge >= 0.3 is 0 Å². The van der Waals surface area contributed by atoms with Crippen molar-refractivity contribution in [2.24, 2.45) is 0 Å². The van der Waals surface area contributed by atoms with Gasteiger partial charge in [0.25, 0.3) is 0 Å². The van der Waals surface area contributed by atoms with E-state index in [4.69, 9.17) is 4.42 Å². The summed E-state index contributed by atoms with van der Waals surface area (Å²) in [6.45, 7) is 0. The van der Waals surface area contributed by atoms with Crippen LogP contribution in [0.15, 0.2) is 138 Å². The van der Waals surface area contributed by atoms with Crippen molar-refractivity contribution in [2.75, 3.05) is 0 Å². The second kappa shape index (κ2) is 8.11. The average molecular weight is 551 g/mol. The van der Waals surface area contributed by atoms with Gasteiger partial charge in [0.1, 0.15) is 5.76 Å². The minimum atomic E-state index is 0.0218. The van der Waals surface area contributed by atoms with Gasteiger partial charge in [-0.2, -0.15) is 0 Å². The topological polar surface area (TPSA) is 40.1 Å². The summed E-state index contributed by atoms with van der Waals surface area (Å²) in [6.07, 6.45) is 0. The molecule has 7 aromatic rings. The molecule has 0 saturated heterocycles. The van der Waals surface area contributed by atoms with Crippen LogP contribution in [0.25, 0.3) is 77.6 Å². The Bertz CT molecular complexity index is 2580. The fraction of sp³-hybridized carbons (Fsp3) is 0. The lowest BCUT2D eigenvalue weighted by Crippen LogP contribution is -1.97. The lowest BCUT2D eigenvalue weighted by Gasteiger charge is -2.08. The molecule has 200 valence electrons. The van der Waals surface area contributed by atoms with Crippen LogP contribution in [0.2, 0.25) is 0 Å². The molecule has 0 amide bonds. The van der Waals surface area contributed by atoms with Crippen LogP contribution in [0.3, 0.4) is 0 Å². The maximum absolute atomic E-state index is 13.8. The zero-order valence-electron chi connectivity index (χ0n) is 22.9. The van der Waals surface area contributed by atoms with Crippen LogP contribution in [0, 0.1) is 0 Å². The number of fused-ring (bicyclic) bond motifs is 11. The van der Waals surface area contributed by atoms with Crippen LogP contribution in [-0.2, 0) is 0 Å². The van der Waals surface area contributed by atoms with Gasteiger partial charge in [-0.3, -0.25) is 9.36 Å². The van der Waals surface area contributed by atoms with Crippen molar-refractivity contribution >= 4 is 49.4 Å². The van der Waals surface area contributed by atoms with E-state index >= 15 is 0 Å². The lowest BCUT2D eigenvalue weighted by atomic mass is 10.1. The number of para-hydroxylation sites is 3. The predicted octanol–water partition coefficient (Wildman–Crippen LogP) is 9.79. The number of carbonyl (C=O) groups excluding carboxylic acids is 1. The Labute approximate surface area is 246 Å². The molecule has 0 unspecified atom stereocenters. The molecule has 0 atom stereocenters. The van der Waals surface area contributed by atoms with Gasteiger partial charge in [-0.25, -0.2) is 0 Å². The average Bonchev–Trinajstić information content (AvgIpc) is 3.80. The van der Waals surface area contributed by atoms with E-state index in [1.807, 2.05) is 36.4 Å². The third kappa shape index (κ3) is 2.92. The minimum absolute atomic E-state index is 0.0218. The molecule has 0 bridgehead atoms. The van der Waals surface area contributed by atoms with Crippen molar-refractivity contribution in [1.29, 1.82) is 0 Å². The number of rotatable bonds is 2. The molecule has 43 heavy (non-hydrogen) atoms. The molecule has 0 fully saturated rings. The predicted molar refractivity (Wildman–Crippen MR) is 173 cm³/mol. The standard InChI is InChI=1S/C39H22N2O2/c42-38-31-21-36(43-39(31)30-19-23-11-3-1-6-14-25(23)37(30)38)41-33-18-10-8-16-27(33)29-20-28-26-15-7-9-17-32(26)40(34(28)22-35(29)41)24-12-4-2-5-13-24/h1-22H. The van der Waals surface area contributed by atoms with E-state index in [1.54, 1.807) is 0 Å². The number of benzene rings is 4. The molecule has 0 saturated carbocycles. The van der Waals surface area contributed by atoms with E-state index in [0.29, 0.717) is 17.2 Å². The number of hydrogen-bond donors (Lipinski definition) is 0. The van der Waals surface area contributed by atoms with Crippen LogP contribution in [0.5, 0.6) is 0 Å². The van der Waals surface area contributed by atoms with Crippen molar-refractivity contribution in [3.63, 3.8) is 0 Å². The first kappa shape index (κ1) is 22.8. The fourth-order valence-corrected chi connectivity index (χ4v) is 7.23. The summed E-state index contributed by atoms with van der Waals surface area (Å²) >= 11 is 0. The first-order valence-corrected chi connectivity index (χ1v) is 14.5. The van der Waals surface area contributed by atoms with E-state index in [-0.39, 0.29) is 5.78 Å². The Morgan fingerprint density at radius 2 is 1.09 bits per heavy atom. The van der Waals surface area contributed by atoms with Gasteiger partial charge in [0.2, 0.25) is 5.88 Å². The van der Waals surface area contributed by atoms with Crippen molar-refractivity contribution in [2.45, 2.75) is 0 Å². The minimum Gasteiger partial charge on any atom is -0.439 e. The van der Waals surface area contributed by atoms with E-state index in [0.717, 1.165) is 55.3 Å². The number of furan rings is 1. The molecule has 4 heteroatoms. The van der Waals surface area contributed by atoms with E-state index in [2.05, 4.69) is 106 Å². The molecule has 4 nitrogen and oxygen atoms in total. The maximum Gasteiger partial charge on any atom is 0.205 e. The highest BCUT2D eigenvalue weighted by molar-refractivity contribution is 6.26. The molecule has 0 aliphatic heterocycles. The van der Waals surface area contributed by atoms with Crippen LogP contribution >= 0.6 is 0 Å². The zero-order valence-corrected chi connectivity index (χ0v) is 22.9. The molecule has 0 N–H and O–H groups in total. The highest BCUT2D eigenvalue weighted by Gasteiger charge is 2.36. The quantitative estimate of drug-likeness (QED) is 0.215. The largest absolute Gasteiger partial charge is 0.439 e. The van der Waals surface area contributed by atoms with Gasteiger partial charge in [0, 0.05) is 44.4 Å². The Morgan fingerprint density at radius 3 is 1.86 bits per heavy atom. The number of carbonyl (C=O) groups is 1. The third-order valence-corrected chi connectivity index (χ3v) is 9.05. The smallest absolute Gasteiger partial charge is 0.205 e. The summed E-state index contributed by atoms with van der Waals surface area (Å²) in [7, 11) is 0. The van der Waals surface area contributed by atoms with Gasteiger partial charge in [-0.1, -0.05) is 84.9 Å². The van der Waals surface area contributed by atoms with Crippen LogP contribution < -0.4 is 0 Å². The number of aromatic nitrogens is 2. The summed E-state index contributed by atoms with van der Waals surface area (Å²) in [5, 5.41) is 4.71. The maximum atomic E-state index is 13.8. The molecule has 3 heterocycles. The lowest BCUT2D eigenvalue weighted by molar-refractivity contribution is 0.104. The molecule has 0 spiro atoms. The molecule has 3 aliphatic rings.